The number of hydrogen-bond donors (Lipinski definition) is 0. The number of rotatable bonds is 2. The SMILES string of the molecule is CC1C=Cc2sc3c(ccc4c5cc6c7ccccc7n(-c7ccc8ccccc8c7)c6cc5n(-c5ccccc5)c43)c2C1. The minimum atomic E-state index is 0.570. The van der Waals surface area contributed by atoms with Crippen molar-refractivity contribution in [2.75, 3.05) is 0 Å². The monoisotopic (exact) mass is 580 g/mol. The lowest BCUT2D eigenvalue weighted by molar-refractivity contribution is 0.724. The van der Waals surface area contributed by atoms with Crippen LogP contribution in [0.25, 0.3) is 81.9 Å². The highest BCUT2D eigenvalue weighted by molar-refractivity contribution is 7.21. The maximum absolute atomic E-state index is 2.52. The van der Waals surface area contributed by atoms with E-state index in [0.29, 0.717) is 5.92 Å². The van der Waals surface area contributed by atoms with E-state index >= 15 is 0 Å². The predicted molar refractivity (Wildman–Crippen MR) is 190 cm³/mol. The van der Waals surface area contributed by atoms with Crippen molar-refractivity contribution in [1.29, 1.82) is 0 Å². The van der Waals surface area contributed by atoms with Crippen LogP contribution < -0.4 is 0 Å². The molecule has 0 radical (unpaired) electrons. The molecule has 1 aliphatic rings. The maximum Gasteiger partial charge on any atom is 0.0719 e. The van der Waals surface area contributed by atoms with Gasteiger partial charge in [-0.3, -0.25) is 0 Å². The van der Waals surface area contributed by atoms with Crippen LogP contribution in [0, 0.1) is 5.92 Å². The molecule has 0 bridgehead atoms. The first kappa shape index (κ1) is 24.3. The minimum absolute atomic E-state index is 0.570. The number of allylic oxidation sites excluding steroid dienone is 1. The van der Waals surface area contributed by atoms with E-state index in [-0.39, 0.29) is 0 Å². The molecule has 0 N–H and O–H groups in total. The van der Waals surface area contributed by atoms with E-state index in [2.05, 4.69) is 150 Å². The molecule has 1 atom stereocenters. The highest BCUT2D eigenvalue weighted by atomic mass is 32.1. The maximum atomic E-state index is 2.52. The number of para-hydroxylation sites is 2. The van der Waals surface area contributed by atoms with Crippen molar-refractivity contribution in [2.24, 2.45) is 5.92 Å². The van der Waals surface area contributed by atoms with Crippen molar-refractivity contribution in [2.45, 2.75) is 13.3 Å². The number of thiophene rings is 1. The third kappa shape index (κ3) is 3.30. The van der Waals surface area contributed by atoms with Crippen LogP contribution in [0.3, 0.4) is 0 Å². The van der Waals surface area contributed by atoms with Crippen LogP contribution in [-0.4, -0.2) is 9.13 Å². The summed E-state index contributed by atoms with van der Waals surface area (Å²) < 4.78 is 6.36. The Hall–Kier alpha value is -5.12. The Kier molecular flexibility index (Phi) is 4.95. The summed E-state index contributed by atoms with van der Waals surface area (Å²) in [5.74, 6) is 0.570. The van der Waals surface area contributed by atoms with Gasteiger partial charge in [0.15, 0.2) is 0 Å². The summed E-state index contributed by atoms with van der Waals surface area (Å²) in [5, 5.41) is 9.11. The van der Waals surface area contributed by atoms with Crippen molar-refractivity contribution in [3.05, 3.63) is 138 Å². The molecule has 2 nitrogen and oxygen atoms in total. The molecule has 0 fully saturated rings. The molecule has 0 amide bonds. The fourth-order valence-corrected chi connectivity index (χ4v) is 8.89. The van der Waals surface area contributed by atoms with Gasteiger partial charge >= 0.3 is 0 Å². The molecule has 0 spiro atoms. The molecule has 3 aromatic heterocycles. The molecule has 9 aromatic rings. The zero-order valence-electron chi connectivity index (χ0n) is 24.3. The second kappa shape index (κ2) is 8.95. The standard InChI is InChI=1S/C41H28N2S/c1-25-15-20-39-35(21-25)32-19-18-31-34-23-33-30-13-7-8-14-36(30)42(29-17-16-26-9-5-6-10-27(26)22-29)37(33)24-38(34)43(40(31)41(32)44-39)28-11-3-2-4-12-28/h2-20,22-25H,21H2,1H3. The number of fused-ring (bicyclic) bond motifs is 11. The lowest BCUT2D eigenvalue weighted by Crippen LogP contribution is -2.00. The van der Waals surface area contributed by atoms with Crippen molar-refractivity contribution in [1.82, 2.24) is 9.13 Å². The Morgan fingerprint density at radius 2 is 1.32 bits per heavy atom. The van der Waals surface area contributed by atoms with E-state index in [1.165, 1.54) is 86.3 Å². The van der Waals surface area contributed by atoms with Crippen molar-refractivity contribution >= 4 is 81.9 Å². The summed E-state index contributed by atoms with van der Waals surface area (Å²) >= 11 is 1.95. The fraction of sp³-hybridized carbons (Fsp3) is 0.0732. The first-order valence-electron chi connectivity index (χ1n) is 15.4. The van der Waals surface area contributed by atoms with Gasteiger partial charge in [-0.25, -0.2) is 0 Å². The molecular formula is C41H28N2S. The molecule has 0 saturated heterocycles. The van der Waals surface area contributed by atoms with Gasteiger partial charge in [-0.05, 0) is 82.6 Å². The molecule has 0 saturated carbocycles. The third-order valence-electron chi connectivity index (χ3n) is 9.62. The summed E-state index contributed by atoms with van der Waals surface area (Å²) in [7, 11) is 0. The van der Waals surface area contributed by atoms with E-state index < -0.39 is 0 Å². The van der Waals surface area contributed by atoms with Crippen LogP contribution in [0.5, 0.6) is 0 Å². The topological polar surface area (TPSA) is 9.86 Å². The Morgan fingerprint density at radius 3 is 2.23 bits per heavy atom. The summed E-state index contributed by atoms with van der Waals surface area (Å²) in [5.41, 5.74) is 8.91. The molecule has 208 valence electrons. The normalized spacial score (nSPS) is 15.0. The van der Waals surface area contributed by atoms with Gasteiger partial charge in [0.1, 0.15) is 0 Å². The van der Waals surface area contributed by atoms with Crippen LogP contribution in [0.1, 0.15) is 17.4 Å². The average molecular weight is 581 g/mol. The largest absolute Gasteiger partial charge is 0.309 e. The Labute approximate surface area is 258 Å². The second-order valence-corrected chi connectivity index (χ2v) is 13.3. The van der Waals surface area contributed by atoms with Gasteiger partial charge < -0.3 is 9.13 Å². The van der Waals surface area contributed by atoms with Crippen molar-refractivity contribution in [3.63, 3.8) is 0 Å². The van der Waals surface area contributed by atoms with Crippen LogP contribution >= 0.6 is 11.3 Å². The number of benzene rings is 6. The van der Waals surface area contributed by atoms with Gasteiger partial charge in [0, 0.05) is 37.8 Å². The van der Waals surface area contributed by atoms with E-state index in [4.69, 9.17) is 0 Å². The van der Waals surface area contributed by atoms with E-state index in [9.17, 15) is 0 Å². The Morgan fingerprint density at radius 1 is 0.568 bits per heavy atom. The highest BCUT2D eigenvalue weighted by Crippen LogP contribution is 2.46. The zero-order chi connectivity index (χ0) is 28.9. The van der Waals surface area contributed by atoms with Gasteiger partial charge in [-0.15, -0.1) is 11.3 Å². The molecule has 3 heterocycles. The summed E-state index contributed by atoms with van der Waals surface area (Å²) in [6.07, 6.45) is 5.82. The second-order valence-electron chi connectivity index (χ2n) is 12.3. The number of nitrogens with zero attached hydrogens (tertiary/aromatic N) is 2. The van der Waals surface area contributed by atoms with Crippen LogP contribution in [-0.2, 0) is 6.42 Å². The lowest BCUT2D eigenvalue weighted by atomic mass is 9.93. The van der Waals surface area contributed by atoms with Crippen molar-refractivity contribution < 1.29 is 0 Å². The summed E-state index contributed by atoms with van der Waals surface area (Å²) in [6.45, 7) is 2.32. The molecule has 3 heteroatoms. The predicted octanol–water partition coefficient (Wildman–Crippen LogP) is 11.5. The van der Waals surface area contributed by atoms with E-state index in [0.717, 1.165) is 6.42 Å². The molecule has 1 aliphatic carbocycles. The Bertz CT molecular complexity index is 2650. The molecule has 1 unspecified atom stereocenters. The highest BCUT2D eigenvalue weighted by Gasteiger charge is 2.23. The molecule has 44 heavy (non-hydrogen) atoms. The van der Waals surface area contributed by atoms with Gasteiger partial charge in [0.25, 0.3) is 0 Å². The van der Waals surface area contributed by atoms with E-state index in [1.807, 2.05) is 11.3 Å². The fourth-order valence-electron chi connectivity index (χ4n) is 7.61. The molecule has 6 aromatic carbocycles. The quantitative estimate of drug-likeness (QED) is 0.192. The summed E-state index contributed by atoms with van der Waals surface area (Å²) in [6, 6.07) is 44.9. The third-order valence-corrected chi connectivity index (χ3v) is 10.8. The van der Waals surface area contributed by atoms with Gasteiger partial charge in [-0.1, -0.05) is 91.9 Å². The summed E-state index contributed by atoms with van der Waals surface area (Å²) in [4.78, 5) is 1.41. The molecule has 10 rings (SSSR count). The first-order valence-corrected chi connectivity index (χ1v) is 16.2. The van der Waals surface area contributed by atoms with Crippen LogP contribution in [0.2, 0.25) is 0 Å². The molecule has 0 aliphatic heterocycles. The number of aromatic nitrogens is 2. The average Bonchev–Trinajstić information content (AvgIpc) is 3.71. The van der Waals surface area contributed by atoms with Gasteiger partial charge in [0.2, 0.25) is 0 Å². The lowest BCUT2D eigenvalue weighted by Gasteiger charge is -2.12. The van der Waals surface area contributed by atoms with Gasteiger partial charge in [-0.2, -0.15) is 0 Å². The van der Waals surface area contributed by atoms with Gasteiger partial charge in [0.05, 0.1) is 26.8 Å². The van der Waals surface area contributed by atoms with Crippen LogP contribution in [0.4, 0.5) is 0 Å². The minimum Gasteiger partial charge on any atom is -0.309 e. The molecular weight excluding hydrogens is 553 g/mol. The Balaban J connectivity index is 1.37. The van der Waals surface area contributed by atoms with Crippen molar-refractivity contribution in [3.8, 4) is 11.4 Å². The first-order chi connectivity index (χ1) is 21.7. The van der Waals surface area contributed by atoms with Crippen LogP contribution in [0.15, 0.2) is 127 Å². The zero-order valence-corrected chi connectivity index (χ0v) is 25.1. The number of hydrogen-bond acceptors (Lipinski definition) is 1. The smallest absolute Gasteiger partial charge is 0.0719 e. The van der Waals surface area contributed by atoms with E-state index in [1.54, 1.807) is 0 Å².